The maximum Gasteiger partial charge on any atom is 0.260 e. The summed E-state index contributed by atoms with van der Waals surface area (Å²) in [6.45, 7) is 14.7. The van der Waals surface area contributed by atoms with Crippen LogP contribution >= 0.6 is 0 Å². The lowest BCUT2D eigenvalue weighted by Gasteiger charge is -2.33. The molecule has 4 aliphatic rings. The Bertz CT molecular complexity index is 2100. The third-order valence-electron chi connectivity index (χ3n) is 10.2. The summed E-state index contributed by atoms with van der Waals surface area (Å²) in [6.07, 6.45) is 0. The molecule has 0 saturated carbocycles. The van der Waals surface area contributed by atoms with E-state index < -0.39 is 0 Å². The maximum absolute atomic E-state index is 6.63. The first-order valence-corrected chi connectivity index (χ1v) is 17.2. The molecule has 6 nitrogen and oxygen atoms in total. The highest BCUT2D eigenvalue weighted by atomic mass is 16.5. The van der Waals surface area contributed by atoms with E-state index in [4.69, 9.17) is 19.5 Å². The lowest BCUT2D eigenvalue weighted by molar-refractivity contribution is 0.464. The van der Waals surface area contributed by atoms with Crippen LogP contribution in [-0.2, 0) is 0 Å². The maximum atomic E-state index is 6.63. The molecule has 5 aromatic rings. The highest BCUT2D eigenvalue weighted by molar-refractivity contribution is 6.98. The van der Waals surface area contributed by atoms with Crippen molar-refractivity contribution in [2.24, 2.45) is 9.98 Å². The number of aliphatic imine (C=N–C) groups is 2. The summed E-state index contributed by atoms with van der Waals surface area (Å²) in [4.78, 5) is 14.3. The Hall–Kier alpha value is -5.30. The van der Waals surface area contributed by atoms with Gasteiger partial charge in [0.15, 0.2) is 0 Å². The van der Waals surface area contributed by atoms with Crippen LogP contribution in [0.4, 0.5) is 11.4 Å². The molecule has 0 N–H and O–H groups in total. The second-order valence-corrected chi connectivity index (χ2v) is 15.0. The molecular weight excluding hydrogens is 603 g/mol. The van der Waals surface area contributed by atoms with Gasteiger partial charge in [-0.3, -0.25) is 9.98 Å². The predicted octanol–water partition coefficient (Wildman–Crippen LogP) is 7.78. The van der Waals surface area contributed by atoms with Crippen LogP contribution in [0.25, 0.3) is 22.3 Å². The Labute approximate surface area is 288 Å². The zero-order valence-corrected chi connectivity index (χ0v) is 28.9. The van der Waals surface area contributed by atoms with Crippen LogP contribution in [0.1, 0.15) is 41.5 Å². The van der Waals surface area contributed by atoms with Gasteiger partial charge in [0.2, 0.25) is 0 Å². The first kappa shape index (κ1) is 29.8. The molecule has 9 rings (SSSR count). The summed E-state index contributed by atoms with van der Waals surface area (Å²) >= 11 is 0. The largest absolute Gasteiger partial charge is 0.458 e. The van der Waals surface area contributed by atoms with E-state index in [1.165, 1.54) is 0 Å². The number of hydrogen-bond donors (Lipinski definition) is 0. The Morgan fingerprint density at radius 1 is 0.531 bits per heavy atom. The third kappa shape index (κ3) is 5.02. The standard InChI is InChI=1S/C42H39BN4O2/c1-26-44-41(3,4)24-46(26)32-12-7-10-28(20-32)30-16-18-34-38(22-30)48-36-14-9-15-37-40(36)43(34)35-19-17-31(23-39(35)49-37)29-11-8-13-33(21-29)47-25-42(5,6)45-27(47)2/h7-23H,24-25H2,1-6H3. The van der Waals surface area contributed by atoms with Crippen molar-refractivity contribution in [3.8, 4) is 45.3 Å². The average molecular weight is 643 g/mol. The molecular formula is C42H39BN4O2. The predicted molar refractivity (Wildman–Crippen MR) is 204 cm³/mol. The summed E-state index contributed by atoms with van der Waals surface area (Å²) in [6, 6.07) is 36.9. The molecule has 0 aliphatic carbocycles. The van der Waals surface area contributed by atoms with Gasteiger partial charge >= 0.3 is 0 Å². The van der Waals surface area contributed by atoms with Crippen LogP contribution in [0.15, 0.2) is 113 Å². The molecule has 0 aromatic heterocycles. The molecule has 0 fully saturated rings. The number of nitrogens with zero attached hydrogens (tertiary/aromatic N) is 4. The molecule has 0 amide bonds. The van der Waals surface area contributed by atoms with Crippen LogP contribution in [0.5, 0.6) is 23.0 Å². The molecule has 5 aromatic carbocycles. The summed E-state index contributed by atoms with van der Waals surface area (Å²) in [5.74, 6) is 5.57. The number of hydrogen-bond acceptors (Lipinski definition) is 6. The number of anilines is 2. The van der Waals surface area contributed by atoms with Gasteiger partial charge in [0.25, 0.3) is 6.71 Å². The van der Waals surface area contributed by atoms with Gasteiger partial charge in [0.1, 0.15) is 34.7 Å². The molecule has 0 radical (unpaired) electrons. The first-order chi connectivity index (χ1) is 23.5. The zero-order valence-electron chi connectivity index (χ0n) is 28.9. The molecule has 4 heterocycles. The molecule has 242 valence electrons. The van der Waals surface area contributed by atoms with Crippen LogP contribution in [0.3, 0.4) is 0 Å². The highest BCUT2D eigenvalue weighted by Gasteiger charge is 2.40. The Morgan fingerprint density at radius 3 is 1.39 bits per heavy atom. The van der Waals surface area contributed by atoms with Crippen LogP contribution in [-0.4, -0.2) is 42.6 Å². The summed E-state index contributed by atoms with van der Waals surface area (Å²) in [5.41, 5.74) is 10.1. The first-order valence-electron chi connectivity index (χ1n) is 17.2. The summed E-state index contributed by atoms with van der Waals surface area (Å²) in [7, 11) is 0. The smallest absolute Gasteiger partial charge is 0.260 e. The van der Waals surface area contributed by atoms with E-state index in [0.29, 0.717) is 0 Å². The van der Waals surface area contributed by atoms with Crippen molar-refractivity contribution in [2.75, 3.05) is 22.9 Å². The molecule has 0 unspecified atom stereocenters. The van der Waals surface area contributed by atoms with Gasteiger partial charge in [-0.1, -0.05) is 54.6 Å². The minimum absolute atomic E-state index is 0.0100. The van der Waals surface area contributed by atoms with Gasteiger partial charge < -0.3 is 19.3 Å². The lowest BCUT2D eigenvalue weighted by atomic mass is 9.35. The molecule has 0 bridgehead atoms. The zero-order chi connectivity index (χ0) is 33.7. The fraction of sp³-hybridized carbons (Fsp3) is 0.238. The van der Waals surface area contributed by atoms with E-state index in [-0.39, 0.29) is 17.8 Å². The van der Waals surface area contributed by atoms with Crippen molar-refractivity contribution in [1.29, 1.82) is 0 Å². The topological polar surface area (TPSA) is 49.7 Å². The Morgan fingerprint density at radius 2 is 0.959 bits per heavy atom. The van der Waals surface area contributed by atoms with Gasteiger partial charge in [0.05, 0.1) is 11.1 Å². The fourth-order valence-corrected chi connectivity index (χ4v) is 8.12. The normalized spacial score (nSPS) is 17.8. The molecule has 4 aliphatic heterocycles. The highest BCUT2D eigenvalue weighted by Crippen LogP contribution is 2.38. The van der Waals surface area contributed by atoms with Crippen LogP contribution < -0.4 is 35.7 Å². The van der Waals surface area contributed by atoms with E-state index in [0.717, 1.165) is 97.8 Å². The van der Waals surface area contributed by atoms with Gasteiger partial charge in [-0.2, -0.15) is 0 Å². The molecule has 0 spiro atoms. The Kier molecular flexibility index (Phi) is 6.45. The lowest BCUT2D eigenvalue weighted by Crippen LogP contribution is -2.57. The van der Waals surface area contributed by atoms with Gasteiger partial charge in [-0.25, -0.2) is 0 Å². The number of amidine groups is 2. The van der Waals surface area contributed by atoms with E-state index in [9.17, 15) is 0 Å². The second-order valence-electron chi connectivity index (χ2n) is 15.0. The van der Waals surface area contributed by atoms with Crippen molar-refractivity contribution in [1.82, 2.24) is 0 Å². The quantitative estimate of drug-likeness (QED) is 0.184. The van der Waals surface area contributed by atoms with Crippen molar-refractivity contribution in [3.63, 3.8) is 0 Å². The van der Waals surface area contributed by atoms with E-state index in [1.807, 2.05) is 6.07 Å². The number of ether oxygens (including phenoxy) is 2. The average Bonchev–Trinajstić information content (AvgIpc) is 3.54. The van der Waals surface area contributed by atoms with Gasteiger partial charge in [-0.15, -0.1) is 0 Å². The van der Waals surface area contributed by atoms with Crippen molar-refractivity contribution >= 4 is 46.1 Å². The summed E-state index contributed by atoms with van der Waals surface area (Å²) < 4.78 is 13.3. The van der Waals surface area contributed by atoms with Crippen molar-refractivity contribution < 1.29 is 9.47 Å². The fourth-order valence-electron chi connectivity index (χ4n) is 8.12. The number of fused-ring (bicyclic) bond motifs is 4. The summed E-state index contributed by atoms with van der Waals surface area (Å²) in [5, 5.41) is 0. The van der Waals surface area contributed by atoms with Crippen molar-refractivity contribution in [2.45, 2.75) is 52.6 Å². The van der Waals surface area contributed by atoms with E-state index >= 15 is 0 Å². The second kappa shape index (κ2) is 10.6. The molecule has 0 saturated heterocycles. The SMILES string of the molecule is CC1=NC(C)(C)CN1c1cccc(-c2ccc3c(c2)Oc2cccc4c2B3c2ccc(-c3cccc(N5CC(C)(C)N=C5C)c3)cc2O4)c1. The number of benzene rings is 5. The van der Waals surface area contributed by atoms with Crippen LogP contribution in [0.2, 0.25) is 0 Å². The monoisotopic (exact) mass is 642 g/mol. The van der Waals surface area contributed by atoms with Gasteiger partial charge in [0, 0.05) is 29.9 Å². The molecule has 49 heavy (non-hydrogen) atoms. The Balaban J connectivity index is 1.07. The molecule has 0 atom stereocenters. The van der Waals surface area contributed by atoms with E-state index in [1.54, 1.807) is 0 Å². The van der Waals surface area contributed by atoms with Crippen LogP contribution in [0, 0.1) is 0 Å². The third-order valence-corrected chi connectivity index (χ3v) is 10.2. The minimum Gasteiger partial charge on any atom is -0.458 e. The van der Waals surface area contributed by atoms with Gasteiger partial charge in [-0.05, 0) is 123 Å². The van der Waals surface area contributed by atoms with Crippen molar-refractivity contribution in [3.05, 3.63) is 103 Å². The minimum atomic E-state index is -0.0870. The molecule has 7 heteroatoms. The number of rotatable bonds is 4. The van der Waals surface area contributed by atoms with E-state index in [2.05, 4.69) is 148 Å².